The first kappa shape index (κ1) is 17.6. The van der Waals surface area contributed by atoms with Gasteiger partial charge in [-0.1, -0.05) is 12.1 Å². The molecular weight excluding hydrogens is 342 g/mol. The number of aromatic nitrogens is 2. The average Bonchev–Trinajstić information content (AvgIpc) is 3.22. The summed E-state index contributed by atoms with van der Waals surface area (Å²) < 4.78 is 5.33. The second-order valence-electron chi connectivity index (χ2n) is 7.02. The van der Waals surface area contributed by atoms with Crippen molar-refractivity contribution in [3.05, 3.63) is 41.3 Å². The molecule has 1 fully saturated rings. The molecule has 2 amide bonds. The van der Waals surface area contributed by atoms with E-state index in [1.54, 1.807) is 7.11 Å². The number of nitrogens with one attached hydrogen (secondary N) is 1. The fraction of sp³-hybridized carbons (Fsp3) is 0.450. The van der Waals surface area contributed by atoms with Gasteiger partial charge in [0.05, 0.1) is 25.0 Å². The summed E-state index contributed by atoms with van der Waals surface area (Å²) in [4.78, 5) is 26.3. The van der Waals surface area contributed by atoms with Gasteiger partial charge in [-0.3, -0.25) is 0 Å². The molecule has 0 aliphatic carbocycles. The van der Waals surface area contributed by atoms with Crippen molar-refractivity contribution in [3.8, 4) is 5.75 Å². The van der Waals surface area contributed by atoms with Gasteiger partial charge in [-0.2, -0.15) is 0 Å². The maximum absolute atomic E-state index is 12.8. The van der Waals surface area contributed by atoms with E-state index < -0.39 is 0 Å². The van der Waals surface area contributed by atoms with Crippen LogP contribution in [0.15, 0.2) is 24.3 Å². The Bertz CT molecular complexity index is 848. The summed E-state index contributed by atoms with van der Waals surface area (Å²) in [5.41, 5.74) is 2.84. The Hall–Kier alpha value is -2.83. The number of fused-ring (bicyclic) bond motifs is 1. The van der Waals surface area contributed by atoms with Gasteiger partial charge in [0.2, 0.25) is 0 Å². The fourth-order valence-corrected chi connectivity index (χ4v) is 3.82. The number of para-hydroxylation sites is 2. The third-order valence-corrected chi connectivity index (χ3v) is 5.19. The number of nitrogens with zero attached hydrogens (tertiary/aromatic N) is 4. The molecule has 3 heterocycles. The number of amides is 2. The number of anilines is 2. The smallest absolute Gasteiger partial charge is 0.322 e. The van der Waals surface area contributed by atoms with Gasteiger partial charge in [0.1, 0.15) is 17.4 Å². The minimum Gasteiger partial charge on any atom is -0.495 e. The number of benzene rings is 1. The number of ether oxygens (including phenoxy) is 1. The van der Waals surface area contributed by atoms with Crippen LogP contribution in [-0.2, 0) is 13.0 Å². The maximum Gasteiger partial charge on any atom is 0.322 e. The first-order valence-electron chi connectivity index (χ1n) is 9.46. The summed E-state index contributed by atoms with van der Waals surface area (Å²) in [6, 6.07) is 7.32. The van der Waals surface area contributed by atoms with Crippen molar-refractivity contribution in [3.63, 3.8) is 0 Å². The zero-order chi connectivity index (χ0) is 18.8. The van der Waals surface area contributed by atoms with Crippen molar-refractivity contribution in [1.82, 2.24) is 14.9 Å². The molecule has 1 saturated heterocycles. The SMILES string of the molecule is COc1ccccc1NC(=O)N1CCc2nc(C)nc(N3CCCC3)c2C1. The van der Waals surface area contributed by atoms with Crippen molar-refractivity contribution in [2.45, 2.75) is 32.7 Å². The summed E-state index contributed by atoms with van der Waals surface area (Å²) in [5, 5.41) is 2.97. The molecule has 0 spiro atoms. The van der Waals surface area contributed by atoms with Gasteiger partial charge in [0.15, 0.2) is 0 Å². The number of hydrogen-bond donors (Lipinski definition) is 1. The van der Waals surface area contributed by atoms with E-state index in [9.17, 15) is 4.79 Å². The highest BCUT2D eigenvalue weighted by Gasteiger charge is 2.28. The van der Waals surface area contributed by atoms with Crippen LogP contribution >= 0.6 is 0 Å². The molecule has 1 aromatic heterocycles. The van der Waals surface area contributed by atoms with Crippen LogP contribution in [0.5, 0.6) is 5.75 Å². The molecule has 4 rings (SSSR count). The average molecular weight is 367 g/mol. The Morgan fingerprint density at radius 1 is 1.15 bits per heavy atom. The molecule has 0 bridgehead atoms. The van der Waals surface area contributed by atoms with Crippen LogP contribution < -0.4 is 15.0 Å². The third kappa shape index (κ3) is 3.54. The number of methoxy groups -OCH3 is 1. The number of urea groups is 1. The van der Waals surface area contributed by atoms with Gasteiger partial charge in [-0.25, -0.2) is 14.8 Å². The summed E-state index contributed by atoms with van der Waals surface area (Å²) in [6.07, 6.45) is 3.13. The van der Waals surface area contributed by atoms with E-state index >= 15 is 0 Å². The van der Waals surface area contributed by atoms with Gasteiger partial charge < -0.3 is 19.9 Å². The Balaban J connectivity index is 1.56. The van der Waals surface area contributed by atoms with E-state index in [2.05, 4.69) is 15.2 Å². The minimum absolute atomic E-state index is 0.127. The molecule has 142 valence electrons. The largest absolute Gasteiger partial charge is 0.495 e. The van der Waals surface area contributed by atoms with Crippen molar-refractivity contribution < 1.29 is 9.53 Å². The minimum atomic E-state index is -0.127. The molecule has 27 heavy (non-hydrogen) atoms. The van der Waals surface area contributed by atoms with Gasteiger partial charge in [-0.05, 0) is 31.9 Å². The quantitative estimate of drug-likeness (QED) is 0.903. The number of aryl methyl sites for hydroxylation is 1. The summed E-state index contributed by atoms with van der Waals surface area (Å²) in [6.45, 7) is 5.17. The van der Waals surface area contributed by atoms with E-state index in [0.717, 1.165) is 42.4 Å². The van der Waals surface area contributed by atoms with E-state index in [4.69, 9.17) is 9.72 Å². The molecule has 7 nitrogen and oxygen atoms in total. The highest BCUT2D eigenvalue weighted by molar-refractivity contribution is 5.91. The second-order valence-corrected chi connectivity index (χ2v) is 7.02. The van der Waals surface area contributed by atoms with E-state index in [0.29, 0.717) is 24.5 Å². The van der Waals surface area contributed by atoms with Crippen LogP contribution in [0.4, 0.5) is 16.3 Å². The second kappa shape index (κ2) is 7.42. The lowest BCUT2D eigenvalue weighted by molar-refractivity contribution is 0.205. The first-order valence-corrected chi connectivity index (χ1v) is 9.46. The van der Waals surface area contributed by atoms with Crippen molar-refractivity contribution in [2.75, 3.05) is 37.0 Å². The molecule has 2 aromatic rings. The molecule has 0 saturated carbocycles. The number of hydrogen-bond acceptors (Lipinski definition) is 5. The zero-order valence-corrected chi connectivity index (χ0v) is 15.9. The van der Waals surface area contributed by atoms with Crippen LogP contribution in [0.1, 0.15) is 29.9 Å². The van der Waals surface area contributed by atoms with E-state index in [1.807, 2.05) is 36.1 Å². The third-order valence-electron chi connectivity index (χ3n) is 5.19. The van der Waals surface area contributed by atoms with Gasteiger partial charge in [0.25, 0.3) is 0 Å². The fourth-order valence-electron chi connectivity index (χ4n) is 3.82. The monoisotopic (exact) mass is 367 g/mol. The highest BCUT2D eigenvalue weighted by atomic mass is 16.5. The van der Waals surface area contributed by atoms with Crippen LogP contribution in [0, 0.1) is 6.92 Å². The molecule has 2 aliphatic rings. The predicted molar refractivity (Wildman–Crippen MR) is 104 cm³/mol. The Morgan fingerprint density at radius 3 is 2.70 bits per heavy atom. The van der Waals surface area contributed by atoms with Crippen LogP contribution in [0.3, 0.4) is 0 Å². The summed E-state index contributed by atoms with van der Waals surface area (Å²) >= 11 is 0. The first-order chi connectivity index (χ1) is 13.2. The molecule has 1 N–H and O–H groups in total. The lowest BCUT2D eigenvalue weighted by atomic mass is 10.1. The standard InChI is InChI=1S/C20H25N5O2/c1-14-21-16-9-12-25(13-15(16)19(22-14)24-10-5-6-11-24)20(26)23-17-7-3-4-8-18(17)27-2/h3-4,7-8H,5-6,9-13H2,1-2H3,(H,23,26). The lowest BCUT2D eigenvalue weighted by Gasteiger charge is -2.31. The molecule has 1 aromatic carbocycles. The topological polar surface area (TPSA) is 70.6 Å². The van der Waals surface area contributed by atoms with E-state index in [-0.39, 0.29) is 6.03 Å². The molecule has 2 aliphatic heterocycles. The number of rotatable bonds is 3. The molecule has 0 atom stereocenters. The Morgan fingerprint density at radius 2 is 1.93 bits per heavy atom. The predicted octanol–water partition coefficient (Wildman–Crippen LogP) is 2.98. The molecule has 0 radical (unpaired) electrons. The number of carbonyl (C=O) groups excluding carboxylic acids is 1. The van der Waals surface area contributed by atoms with Crippen molar-refractivity contribution in [1.29, 1.82) is 0 Å². The van der Waals surface area contributed by atoms with Gasteiger partial charge in [0, 0.05) is 31.6 Å². The Labute approximate surface area is 159 Å². The van der Waals surface area contributed by atoms with Gasteiger partial charge >= 0.3 is 6.03 Å². The zero-order valence-electron chi connectivity index (χ0n) is 15.9. The normalized spacial score (nSPS) is 16.2. The van der Waals surface area contributed by atoms with E-state index in [1.165, 1.54) is 12.8 Å². The Kier molecular flexibility index (Phi) is 4.83. The van der Waals surface area contributed by atoms with Crippen LogP contribution in [0.2, 0.25) is 0 Å². The maximum atomic E-state index is 12.8. The van der Waals surface area contributed by atoms with Crippen LogP contribution in [-0.4, -0.2) is 47.6 Å². The summed E-state index contributed by atoms with van der Waals surface area (Å²) in [7, 11) is 1.60. The lowest BCUT2D eigenvalue weighted by Crippen LogP contribution is -2.40. The summed E-state index contributed by atoms with van der Waals surface area (Å²) in [5.74, 6) is 2.47. The van der Waals surface area contributed by atoms with Crippen LogP contribution in [0.25, 0.3) is 0 Å². The number of carbonyl (C=O) groups is 1. The molecular formula is C20H25N5O2. The van der Waals surface area contributed by atoms with Crippen molar-refractivity contribution in [2.24, 2.45) is 0 Å². The van der Waals surface area contributed by atoms with Crippen molar-refractivity contribution >= 4 is 17.5 Å². The van der Waals surface area contributed by atoms with Gasteiger partial charge in [-0.15, -0.1) is 0 Å². The molecule has 7 heteroatoms. The highest BCUT2D eigenvalue weighted by Crippen LogP contribution is 2.30. The molecule has 0 unspecified atom stereocenters.